The van der Waals surface area contributed by atoms with Crippen molar-refractivity contribution in [2.75, 3.05) is 12.4 Å². The highest BCUT2D eigenvalue weighted by molar-refractivity contribution is 6.32. The molecular weight excluding hydrogens is 389 g/mol. The van der Waals surface area contributed by atoms with E-state index in [1.165, 1.54) is 0 Å². The highest BCUT2D eigenvalue weighted by Gasteiger charge is 2.13. The maximum absolute atomic E-state index is 6.43. The number of tetrazole rings is 1. The summed E-state index contributed by atoms with van der Waals surface area (Å²) in [6.45, 7) is 3.47. The number of ether oxygens (including phenoxy) is 2. The van der Waals surface area contributed by atoms with Gasteiger partial charge in [0, 0.05) is 18.1 Å². The molecule has 9 heteroatoms. The van der Waals surface area contributed by atoms with Gasteiger partial charge in [-0.15, -0.1) is 0 Å². The minimum Gasteiger partial charge on any atom is -0.493 e. The minimum atomic E-state index is 0.333. The molecular formula is C18H19Cl2N5O2. The zero-order valence-corrected chi connectivity index (χ0v) is 16.5. The molecule has 0 atom stereocenters. The second-order valence-corrected chi connectivity index (χ2v) is 6.54. The van der Waals surface area contributed by atoms with Crippen LogP contribution in [0, 0.1) is 0 Å². The number of methoxy groups -OCH3 is 1. The highest BCUT2D eigenvalue weighted by atomic mass is 35.5. The van der Waals surface area contributed by atoms with Gasteiger partial charge < -0.3 is 14.8 Å². The molecule has 2 aromatic carbocycles. The Morgan fingerprint density at radius 2 is 2.00 bits per heavy atom. The molecule has 0 unspecified atom stereocenters. The highest BCUT2D eigenvalue weighted by Crippen LogP contribution is 2.37. The van der Waals surface area contributed by atoms with Crippen LogP contribution in [0.4, 0.5) is 5.95 Å². The Morgan fingerprint density at radius 1 is 1.15 bits per heavy atom. The van der Waals surface area contributed by atoms with Gasteiger partial charge in [-0.2, -0.15) is 0 Å². The lowest BCUT2D eigenvalue weighted by atomic mass is 10.2. The lowest BCUT2D eigenvalue weighted by Crippen LogP contribution is -2.08. The second kappa shape index (κ2) is 8.92. The Labute approximate surface area is 167 Å². The minimum absolute atomic E-state index is 0.333. The number of halogens is 2. The fraction of sp³-hybridized carbons (Fsp3) is 0.278. The first-order chi connectivity index (χ1) is 13.1. The standard InChI is InChI=1S/C18H19Cl2N5O2/c1-3-25-18(22-23-24-25)21-10-13-8-15(20)17(16(9-13)26-2)27-11-12-5-4-6-14(19)7-12/h4-9H,3,10-11H2,1-2H3,(H,21,22,24). The van der Waals surface area contributed by atoms with Crippen molar-refractivity contribution < 1.29 is 9.47 Å². The van der Waals surface area contributed by atoms with Gasteiger partial charge in [0.15, 0.2) is 11.5 Å². The first-order valence-electron chi connectivity index (χ1n) is 8.34. The van der Waals surface area contributed by atoms with Crippen molar-refractivity contribution in [3.05, 3.63) is 57.6 Å². The Bertz CT molecular complexity index is 917. The van der Waals surface area contributed by atoms with E-state index in [-0.39, 0.29) is 0 Å². The van der Waals surface area contributed by atoms with E-state index in [2.05, 4.69) is 20.8 Å². The maximum atomic E-state index is 6.43. The van der Waals surface area contributed by atoms with Gasteiger partial charge in [-0.25, -0.2) is 4.68 Å². The summed E-state index contributed by atoms with van der Waals surface area (Å²) in [5.41, 5.74) is 1.86. The predicted molar refractivity (Wildman–Crippen MR) is 105 cm³/mol. The van der Waals surface area contributed by atoms with Crippen LogP contribution >= 0.6 is 23.2 Å². The zero-order chi connectivity index (χ0) is 19.2. The summed E-state index contributed by atoms with van der Waals surface area (Å²) in [6, 6.07) is 11.2. The fourth-order valence-corrected chi connectivity index (χ4v) is 3.02. The molecule has 3 rings (SSSR count). The van der Waals surface area contributed by atoms with Crippen molar-refractivity contribution in [3.8, 4) is 11.5 Å². The average Bonchev–Trinajstić information content (AvgIpc) is 3.12. The van der Waals surface area contributed by atoms with Crippen molar-refractivity contribution >= 4 is 29.2 Å². The number of aromatic nitrogens is 4. The Hall–Kier alpha value is -2.51. The summed E-state index contributed by atoms with van der Waals surface area (Å²) in [7, 11) is 1.58. The molecule has 1 heterocycles. The van der Waals surface area contributed by atoms with Crippen LogP contribution in [0.2, 0.25) is 10.0 Å². The third-order valence-electron chi connectivity index (χ3n) is 3.84. The van der Waals surface area contributed by atoms with Crippen LogP contribution in [0.25, 0.3) is 0 Å². The summed E-state index contributed by atoms with van der Waals surface area (Å²) >= 11 is 12.4. The van der Waals surface area contributed by atoms with Crippen molar-refractivity contribution in [1.82, 2.24) is 20.2 Å². The lowest BCUT2D eigenvalue weighted by Gasteiger charge is -2.15. The van der Waals surface area contributed by atoms with E-state index >= 15 is 0 Å². The van der Waals surface area contributed by atoms with Gasteiger partial charge in [-0.3, -0.25) is 0 Å². The van der Waals surface area contributed by atoms with Crippen molar-refractivity contribution in [1.29, 1.82) is 0 Å². The molecule has 7 nitrogen and oxygen atoms in total. The molecule has 0 amide bonds. The summed E-state index contributed by atoms with van der Waals surface area (Å²) in [5, 5.41) is 15.8. The maximum Gasteiger partial charge on any atom is 0.243 e. The van der Waals surface area contributed by atoms with E-state index < -0.39 is 0 Å². The van der Waals surface area contributed by atoms with Gasteiger partial charge in [0.2, 0.25) is 5.95 Å². The quantitative estimate of drug-likeness (QED) is 0.602. The SMILES string of the molecule is CCn1nnnc1NCc1cc(Cl)c(OCc2cccc(Cl)c2)c(OC)c1. The van der Waals surface area contributed by atoms with Gasteiger partial charge in [-0.1, -0.05) is 40.4 Å². The molecule has 0 bridgehead atoms. The molecule has 0 radical (unpaired) electrons. The number of nitrogens with one attached hydrogen (secondary N) is 1. The molecule has 0 saturated heterocycles. The van der Waals surface area contributed by atoms with Crippen LogP contribution in [0.1, 0.15) is 18.1 Å². The largest absolute Gasteiger partial charge is 0.493 e. The predicted octanol–water partition coefficient (Wildman–Crippen LogP) is 4.20. The molecule has 0 aliphatic heterocycles. The molecule has 27 heavy (non-hydrogen) atoms. The van der Waals surface area contributed by atoms with Crippen molar-refractivity contribution in [2.45, 2.75) is 26.6 Å². The van der Waals surface area contributed by atoms with Crippen LogP contribution in [0.3, 0.4) is 0 Å². The Morgan fingerprint density at radius 3 is 2.74 bits per heavy atom. The molecule has 0 spiro atoms. The Kier molecular flexibility index (Phi) is 6.36. The van der Waals surface area contributed by atoms with Gasteiger partial charge in [0.1, 0.15) is 6.61 Å². The monoisotopic (exact) mass is 407 g/mol. The average molecular weight is 408 g/mol. The van der Waals surface area contributed by atoms with E-state index in [0.717, 1.165) is 11.1 Å². The first-order valence-corrected chi connectivity index (χ1v) is 9.10. The molecule has 1 N–H and O–H groups in total. The molecule has 0 aliphatic carbocycles. The normalized spacial score (nSPS) is 10.7. The summed E-state index contributed by atoms with van der Waals surface area (Å²) in [5.74, 6) is 1.63. The topological polar surface area (TPSA) is 74.1 Å². The molecule has 0 fully saturated rings. The second-order valence-electron chi connectivity index (χ2n) is 5.70. The smallest absolute Gasteiger partial charge is 0.243 e. The molecule has 0 aliphatic rings. The van der Waals surface area contributed by atoms with Gasteiger partial charge in [0.25, 0.3) is 0 Å². The van der Waals surface area contributed by atoms with E-state index in [9.17, 15) is 0 Å². The third kappa shape index (κ3) is 4.81. The first kappa shape index (κ1) is 19.3. The molecule has 0 saturated carbocycles. The van der Waals surface area contributed by atoms with Crippen LogP contribution in [-0.2, 0) is 19.7 Å². The van der Waals surface area contributed by atoms with E-state index in [4.69, 9.17) is 32.7 Å². The summed E-state index contributed by atoms with van der Waals surface area (Å²) < 4.78 is 13.0. The molecule has 1 aromatic heterocycles. The van der Waals surface area contributed by atoms with E-state index in [1.54, 1.807) is 11.8 Å². The van der Waals surface area contributed by atoms with Crippen LogP contribution < -0.4 is 14.8 Å². The number of nitrogens with zero attached hydrogens (tertiary/aromatic N) is 4. The van der Waals surface area contributed by atoms with Crippen LogP contribution in [0.5, 0.6) is 11.5 Å². The fourth-order valence-electron chi connectivity index (χ4n) is 2.52. The van der Waals surface area contributed by atoms with Gasteiger partial charge in [0.05, 0.1) is 12.1 Å². The van der Waals surface area contributed by atoms with E-state index in [1.807, 2.05) is 43.3 Å². The van der Waals surface area contributed by atoms with E-state index in [0.29, 0.717) is 47.2 Å². The van der Waals surface area contributed by atoms with Gasteiger partial charge in [-0.05, 0) is 52.7 Å². The number of benzene rings is 2. The molecule has 142 valence electrons. The Balaban J connectivity index is 1.72. The number of hydrogen-bond donors (Lipinski definition) is 1. The summed E-state index contributed by atoms with van der Waals surface area (Å²) in [4.78, 5) is 0. The number of aryl methyl sites for hydroxylation is 1. The number of anilines is 1. The van der Waals surface area contributed by atoms with Crippen LogP contribution in [-0.4, -0.2) is 27.3 Å². The zero-order valence-electron chi connectivity index (χ0n) is 14.9. The third-order valence-corrected chi connectivity index (χ3v) is 4.36. The van der Waals surface area contributed by atoms with Crippen molar-refractivity contribution in [3.63, 3.8) is 0 Å². The lowest BCUT2D eigenvalue weighted by molar-refractivity contribution is 0.284. The number of hydrogen-bond acceptors (Lipinski definition) is 6. The summed E-state index contributed by atoms with van der Waals surface area (Å²) in [6.07, 6.45) is 0. The van der Waals surface area contributed by atoms with Crippen molar-refractivity contribution in [2.24, 2.45) is 0 Å². The molecule has 3 aromatic rings. The van der Waals surface area contributed by atoms with Crippen LogP contribution in [0.15, 0.2) is 36.4 Å². The number of rotatable bonds is 8. The van der Waals surface area contributed by atoms with Gasteiger partial charge >= 0.3 is 0 Å².